The van der Waals surface area contributed by atoms with Crippen molar-refractivity contribution in [3.8, 4) is 0 Å². The van der Waals surface area contributed by atoms with Crippen LogP contribution < -0.4 is 9.80 Å². The van der Waals surface area contributed by atoms with Gasteiger partial charge in [0.1, 0.15) is 6.04 Å². The second kappa shape index (κ2) is 6.81. The minimum atomic E-state index is -0.999. The van der Waals surface area contributed by atoms with Crippen LogP contribution in [0.2, 0.25) is 0 Å². The number of likely N-dealkylation sites (N-methyl/N-ethyl adjacent to an activating group) is 1. The molecule has 0 bridgehead atoms. The van der Waals surface area contributed by atoms with Crippen molar-refractivity contribution in [2.45, 2.75) is 19.0 Å². The average molecular weight is 336 g/mol. The molecule has 0 aromatic heterocycles. The van der Waals surface area contributed by atoms with Gasteiger partial charge in [-0.1, -0.05) is 49.1 Å². The minimum absolute atomic E-state index is 0.226. The van der Waals surface area contributed by atoms with Crippen molar-refractivity contribution in [2.24, 2.45) is 0 Å². The summed E-state index contributed by atoms with van der Waals surface area (Å²) in [5, 5.41) is 9.29. The summed E-state index contributed by atoms with van der Waals surface area (Å²) in [6, 6.07) is 14.4. The maximum atomic E-state index is 13.2. The lowest BCUT2D eigenvalue weighted by molar-refractivity contribution is -0.139. The van der Waals surface area contributed by atoms with Crippen molar-refractivity contribution in [2.75, 3.05) is 16.8 Å². The largest absolute Gasteiger partial charge is 0.481 e. The Morgan fingerprint density at radius 1 is 1.20 bits per heavy atom. The second-order valence-corrected chi connectivity index (χ2v) is 6.04. The molecule has 2 aromatic carbocycles. The fourth-order valence-corrected chi connectivity index (χ4v) is 3.25. The van der Waals surface area contributed by atoms with E-state index in [0.29, 0.717) is 6.54 Å². The SMILES string of the molecule is C=Cc1ccccc1N1Cc2ccccc2N(C)C(CC(=O)O)C1=O. The smallest absolute Gasteiger partial charge is 0.305 e. The standard InChI is InChI=1S/C20H20N2O3/c1-3-14-8-4-7-11-17(14)22-13-15-9-5-6-10-16(15)21(2)18(20(22)25)12-19(23)24/h3-11,18H,1,12-13H2,2H3,(H,23,24). The Labute approximate surface area is 146 Å². The van der Waals surface area contributed by atoms with Gasteiger partial charge in [0.25, 0.3) is 5.91 Å². The zero-order valence-electron chi connectivity index (χ0n) is 14.1. The number of benzene rings is 2. The molecule has 0 radical (unpaired) electrons. The first-order valence-electron chi connectivity index (χ1n) is 8.08. The van der Waals surface area contributed by atoms with Crippen LogP contribution in [-0.4, -0.2) is 30.1 Å². The molecule has 1 N–H and O–H groups in total. The third-order valence-corrected chi connectivity index (χ3v) is 4.53. The highest BCUT2D eigenvalue weighted by atomic mass is 16.4. The number of amides is 1. The van der Waals surface area contributed by atoms with E-state index in [9.17, 15) is 14.7 Å². The predicted molar refractivity (Wildman–Crippen MR) is 98.6 cm³/mol. The number of hydrogen-bond donors (Lipinski definition) is 1. The summed E-state index contributed by atoms with van der Waals surface area (Å²) in [7, 11) is 1.77. The first-order valence-corrected chi connectivity index (χ1v) is 8.08. The van der Waals surface area contributed by atoms with Gasteiger partial charge in [0.15, 0.2) is 0 Å². The molecular formula is C20H20N2O3. The number of rotatable bonds is 4. The highest BCUT2D eigenvalue weighted by molar-refractivity contribution is 6.03. The number of carboxylic acid groups (broad SMARTS) is 1. The van der Waals surface area contributed by atoms with E-state index in [1.807, 2.05) is 48.5 Å². The molecule has 1 atom stereocenters. The van der Waals surface area contributed by atoms with Crippen molar-refractivity contribution in [1.82, 2.24) is 0 Å². The van der Waals surface area contributed by atoms with Gasteiger partial charge in [-0.3, -0.25) is 9.59 Å². The van der Waals surface area contributed by atoms with Crippen LogP contribution in [0.1, 0.15) is 17.5 Å². The number of para-hydroxylation sites is 2. The zero-order valence-corrected chi connectivity index (χ0v) is 14.1. The highest BCUT2D eigenvalue weighted by Crippen LogP contribution is 2.32. The summed E-state index contributed by atoms with van der Waals surface area (Å²) in [5.74, 6) is -1.23. The summed E-state index contributed by atoms with van der Waals surface area (Å²) in [6.45, 7) is 4.21. The fraction of sp³-hybridized carbons (Fsp3) is 0.200. The molecule has 5 heteroatoms. The number of aliphatic carboxylic acids is 1. The van der Waals surface area contributed by atoms with Crippen molar-refractivity contribution >= 4 is 29.3 Å². The van der Waals surface area contributed by atoms with Crippen LogP contribution in [0, 0.1) is 0 Å². The van der Waals surface area contributed by atoms with Crippen LogP contribution in [0.5, 0.6) is 0 Å². The van der Waals surface area contributed by atoms with E-state index in [0.717, 1.165) is 22.5 Å². The maximum absolute atomic E-state index is 13.2. The van der Waals surface area contributed by atoms with Crippen LogP contribution in [0.25, 0.3) is 6.08 Å². The molecule has 0 saturated carbocycles. The molecule has 3 rings (SSSR count). The van der Waals surface area contributed by atoms with Gasteiger partial charge in [0.05, 0.1) is 18.7 Å². The van der Waals surface area contributed by atoms with Gasteiger partial charge in [0, 0.05) is 12.7 Å². The van der Waals surface area contributed by atoms with Crippen molar-refractivity contribution in [3.05, 3.63) is 66.2 Å². The molecule has 1 amide bonds. The van der Waals surface area contributed by atoms with E-state index >= 15 is 0 Å². The van der Waals surface area contributed by atoms with Crippen LogP contribution >= 0.6 is 0 Å². The fourth-order valence-electron chi connectivity index (χ4n) is 3.25. The Balaban J connectivity index is 2.14. The summed E-state index contributed by atoms with van der Waals surface area (Å²) in [4.78, 5) is 28.0. The molecular weight excluding hydrogens is 316 g/mol. The first-order chi connectivity index (χ1) is 12.0. The van der Waals surface area contributed by atoms with E-state index in [1.54, 1.807) is 22.9 Å². The second-order valence-electron chi connectivity index (χ2n) is 6.04. The number of hydrogen-bond acceptors (Lipinski definition) is 3. The van der Waals surface area contributed by atoms with E-state index in [4.69, 9.17) is 0 Å². The third kappa shape index (κ3) is 3.13. The van der Waals surface area contributed by atoms with Gasteiger partial charge in [-0.25, -0.2) is 0 Å². The number of carbonyl (C=O) groups is 2. The van der Waals surface area contributed by atoms with Gasteiger partial charge in [-0.2, -0.15) is 0 Å². The minimum Gasteiger partial charge on any atom is -0.481 e. The Bertz CT molecular complexity index is 831. The van der Waals surface area contributed by atoms with Crippen LogP contribution in [0.3, 0.4) is 0 Å². The predicted octanol–water partition coefficient (Wildman–Crippen LogP) is 3.16. The molecule has 0 aliphatic carbocycles. The maximum Gasteiger partial charge on any atom is 0.305 e. The van der Waals surface area contributed by atoms with Crippen LogP contribution in [0.4, 0.5) is 11.4 Å². The number of carboxylic acids is 1. The summed E-state index contributed by atoms with van der Waals surface area (Å²) < 4.78 is 0. The van der Waals surface area contributed by atoms with Gasteiger partial charge in [-0.05, 0) is 23.3 Å². The zero-order chi connectivity index (χ0) is 18.0. The topological polar surface area (TPSA) is 60.9 Å². The van der Waals surface area contributed by atoms with Crippen LogP contribution in [0.15, 0.2) is 55.1 Å². The molecule has 5 nitrogen and oxygen atoms in total. The van der Waals surface area contributed by atoms with Crippen molar-refractivity contribution in [3.63, 3.8) is 0 Å². The molecule has 1 aliphatic heterocycles. The normalized spacial score (nSPS) is 17.0. The van der Waals surface area contributed by atoms with Gasteiger partial charge in [0.2, 0.25) is 0 Å². The van der Waals surface area contributed by atoms with E-state index < -0.39 is 12.0 Å². The lowest BCUT2D eigenvalue weighted by Gasteiger charge is -2.29. The Kier molecular flexibility index (Phi) is 4.57. The quantitative estimate of drug-likeness (QED) is 0.932. The van der Waals surface area contributed by atoms with Crippen molar-refractivity contribution < 1.29 is 14.7 Å². The Hall–Kier alpha value is -3.08. The van der Waals surface area contributed by atoms with Gasteiger partial charge < -0.3 is 14.9 Å². The van der Waals surface area contributed by atoms with Crippen molar-refractivity contribution in [1.29, 1.82) is 0 Å². The van der Waals surface area contributed by atoms with Crippen LogP contribution in [-0.2, 0) is 16.1 Å². The van der Waals surface area contributed by atoms with E-state index in [-0.39, 0.29) is 12.3 Å². The number of fused-ring (bicyclic) bond motifs is 1. The molecule has 0 fully saturated rings. The van der Waals surface area contributed by atoms with Gasteiger partial charge in [-0.15, -0.1) is 0 Å². The van der Waals surface area contributed by atoms with E-state index in [1.165, 1.54) is 0 Å². The van der Waals surface area contributed by atoms with Gasteiger partial charge >= 0.3 is 5.97 Å². The number of nitrogens with zero attached hydrogens (tertiary/aromatic N) is 2. The molecule has 1 aliphatic rings. The molecule has 0 spiro atoms. The Morgan fingerprint density at radius 3 is 2.52 bits per heavy atom. The molecule has 0 saturated heterocycles. The summed E-state index contributed by atoms with van der Waals surface area (Å²) in [5.41, 5.74) is 3.43. The molecule has 2 aromatic rings. The lowest BCUT2D eigenvalue weighted by atomic mass is 10.1. The monoisotopic (exact) mass is 336 g/mol. The summed E-state index contributed by atoms with van der Waals surface area (Å²) >= 11 is 0. The molecule has 25 heavy (non-hydrogen) atoms. The third-order valence-electron chi connectivity index (χ3n) is 4.53. The number of carbonyl (C=O) groups excluding carboxylic acids is 1. The highest BCUT2D eigenvalue weighted by Gasteiger charge is 2.35. The first kappa shape index (κ1) is 16.8. The lowest BCUT2D eigenvalue weighted by Crippen LogP contribution is -2.46. The average Bonchev–Trinajstić information content (AvgIpc) is 2.72. The molecule has 1 unspecified atom stereocenters. The Morgan fingerprint density at radius 2 is 1.84 bits per heavy atom. The number of anilines is 2. The molecule has 1 heterocycles. The molecule has 128 valence electrons. The van der Waals surface area contributed by atoms with E-state index in [2.05, 4.69) is 6.58 Å². The summed E-state index contributed by atoms with van der Waals surface area (Å²) in [6.07, 6.45) is 1.45.